The molecule has 0 spiro atoms. The summed E-state index contributed by atoms with van der Waals surface area (Å²) < 4.78 is 1.64. The number of phenolic OH excluding ortho intramolecular Hbond substituents is 2. The number of phenols is 2. The van der Waals surface area contributed by atoms with E-state index in [0.717, 1.165) is 11.3 Å². The quantitative estimate of drug-likeness (QED) is 0.455. The van der Waals surface area contributed by atoms with Gasteiger partial charge in [0.2, 0.25) is 0 Å². The predicted octanol–water partition coefficient (Wildman–Crippen LogP) is 3.88. The highest BCUT2D eigenvalue weighted by Crippen LogP contribution is 2.32. The van der Waals surface area contributed by atoms with Gasteiger partial charge in [-0.2, -0.15) is 5.10 Å². The van der Waals surface area contributed by atoms with Crippen LogP contribution in [0.2, 0.25) is 0 Å². The Morgan fingerprint density at radius 1 is 0.862 bits per heavy atom. The molecule has 6 heteroatoms. The number of carbonyl (C=O) groups is 1. The molecule has 0 aliphatic carbocycles. The van der Waals surface area contributed by atoms with E-state index in [1.807, 2.05) is 60.7 Å². The van der Waals surface area contributed by atoms with Gasteiger partial charge in [0.05, 0.1) is 11.4 Å². The average molecular weight is 385 g/mol. The topological polar surface area (TPSA) is 87.4 Å². The second kappa shape index (κ2) is 7.90. The Labute approximate surface area is 167 Å². The summed E-state index contributed by atoms with van der Waals surface area (Å²) in [5.74, 6) is -0.744. The van der Waals surface area contributed by atoms with Crippen molar-refractivity contribution in [3.63, 3.8) is 0 Å². The number of aromatic nitrogens is 2. The van der Waals surface area contributed by atoms with Crippen molar-refractivity contribution in [1.82, 2.24) is 15.1 Å². The molecule has 1 heterocycles. The van der Waals surface area contributed by atoms with Gasteiger partial charge >= 0.3 is 0 Å². The zero-order valence-corrected chi connectivity index (χ0v) is 15.5. The van der Waals surface area contributed by atoms with Crippen molar-refractivity contribution >= 4 is 5.91 Å². The molecule has 4 aromatic rings. The van der Waals surface area contributed by atoms with Crippen molar-refractivity contribution in [3.8, 4) is 28.4 Å². The first-order valence-electron chi connectivity index (χ1n) is 9.12. The lowest BCUT2D eigenvalue weighted by Crippen LogP contribution is -2.23. The number of hydrogen-bond donors (Lipinski definition) is 3. The first kappa shape index (κ1) is 18.3. The number of nitrogens with one attached hydrogen (secondary N) is 1. The van der Waals surface area contributed by atoms with Crippen LogP contribution in [-0.2, 0) is 6.54 Å². The summed E-state index contributed by atoms with van der Waals surface area (Å²) in [6, 6.07) is 25.2. The van der Waals surface area contributed by atoms with Crippen molar-refractivity contribution in [1.29, 1.82) is 0 Å². The summed E-state index contributed by atoms with van der Waals surface area (Å²) in [5.41, 5.74) is 3.27. The first-order valence-corrected chi connectivity index (χ1v) is 9.12. The molecule has 1 aromatic heterocycles. The lowest BCUT2D eigenvalue weighted by molar-refractivity contribution is 0.0945. The number of amides is 1. The van der Waals surface area contributed by atoms with Crippen molar-refractivity contribution in [3.05, 3.63) is 96.2 Å². The Kier molecular flexibility index (Phi) is 4.99. The molecule has 0 saturated carbocycles. The minimum atomic E-state index is -0.298. The van der Waals surface area contributed by atoms with Gasteiger partial charge in [-0.25, -0.2) is 4.68 Å². The number of para-hydroxylation sites is 1. The van der Waals surface area contributed by atoms with E-state index < -0.39 is 0 Å². The normalized spacial score (nSPS) is 10.6. The van der Waals surface area contributed by atoms with Crippen LogP contribution in [0.4, 0.5) is 0 Å². The zero-order valence-electron chi connectivity index (χ0n) is 15.5. The maximum atomic E-state index is 12.7. The van der Waals surface area contributed by atoms with Crippen LogP contribution in [-0.4, -0.2) is 25.9 Å². The van der Waals surface area contributed by atoms with Crippen LogP contribution in [0.5, 0.6) is 11.5 Å². The summed E-state index contributed by atoms with van der Waals surface area (Å²) in [5, 5.41) is 26.9. The summed E-state index contributed by atoms with van der Waals surface area (Å²) >= 11 is 0. The molecule has 3 N–H and O–H groups in total. The summed E-state index contributed by atoms with van der Waals surface area (Å²) in [4.78, 5) is 12.7. The molecule has 0 aliphatic heterocycles. The van der Waals surface area contributed by atoms with Gasteiger partial charge in [0.1, 0.15) is 0 Å². The van der Waals surface area contributed by atoms with E-state index in [1.165, 1.54) is 12.1 Å². The van der Waals surface area contributed by atoms with Crippen molar-refractivity contribution in [2.75, 3.05) is 0 Å². The largest absolute Gasteiger partial charge is 0.504 e. The van der Waals surface area contributed by atoms with Crippen molar-refractivity contribution in [2.24, 2.45) is 0 Å². The maximum Gasteiger partial charge on any atom is 0.272 e. The van der Waals surface area contributed by atoms with E-state index in [9.17, 15) is 15.0 Å². The SMILES string of the molecule is O=C(NCc1ccccc1)c1cc(-c2ccc(O)c(O)c2)n(-c2ccccc2)n1. The van der Waals surface area contributed by atoms with Gasteiger partial charge in [0.15, 0.2) is 17.2 Å². The Hall–Kier alpha value is -4.06. The number of aromatic hydroxyl groups is 2. The molecule has 0 aliphatic rings. The lowest BCUT2D eigenvalue weighted by Gasteiger charge is -2.08. The van der Waals surface area contributed by atoms with Crippen LogP contribution in [0.1, 0.15) is 16.1 Å². The second-order valence-corrected chi connectivity index (χ2v) is 6.53. The fourth-order valence-electron chi connectivity index (χ4n) is 3.02. The molecular weight excluding hydrogens is 366 g/mol. The molecule has 0 unspecified atom stereocenters. The number of benzene rings is 3. The third kappa shape index (κ3) is 3.96. The van der Waals surface area contributed by atoms with Gasteiger partial charge < -0.3 is 15.5 Å². The number of hydrogen-bond acceptors (Lipinski definition) is 4. The van der Waals surface area contributed by atoms with Crippen LogP contribution in [0, 0.1) is 0 Å². The molecule has 29 heavy (non-hydrogen) atoms. The van der Waals surface area contributed by atoms with E-state index in [4.69, 9.17) is 0 Å². The Morgan fingerprint density at radius 3 is 2.24 bits per heavy atom. The zero-order chi connectivity index (χ0) is 20.2. The van der Waals surface area contributed by atoms with E-state index >= 15 is 0 Å². The average Bonchev–Trinajstić information content (AvgIpc) is 3.21. The third-order valence-corrected chi connectivity index (χ3v) is 4.51. The van der Waals surface area contributed by atoms with Gasteiger partial charge in [0, 0.05) is 12.1 Å². The van der Waals surface area contributed by atoms with Gasteiger partial charge in [-0.3, -0.25) is 4.79 Å². The molecule has 144 valence electrons. The molecule has 0 radical (unpaired) electrons. The minimum Gasteiger partial charge on any atom is -0.504 e. The first-order chi connectivity index (χ1) is 14.1. The van der Waals surface area contributed by atoms with Gasteiger partial charge in [-0.15, -0.1) is 0 Å². The summed E-state index contributed by atoms with van der Waals surface area (Å²) in [6.07, 6.45) is 0. The van der Waals surface area contributed by atoms with E-state index in [0.29, 0.717) is 17.8 Å². The Morgan fingerprint density at radius 2 is 1.55 bits per heavy atom. The van der Waals surface area contributed by atoms with Crippen molar-refractivity contribution < 1.29 is 15.0 Å². The molecule has 3 aromatic carbocycles. The molecule has 0 fully saturated rings. The Bertz CT molecular complexity index is 1140. The monoisotopic (exact) mass is 385 g/mol. The lowest BCUT2D eigenvalue weighted by atomic mass is 10.1. The minimum absolute atomic E-state index is 0.208. The maximum absolute atomic E-state index is 12.7. The fraction of sp³-hybridized carbons (Fsp3) is 0.0435. The van der Waals surface area contributed by atoms with E-state index in [2.05, 4.69) is 10.4 Å². The van der Waals surface area contributed by atoms with Gasteiger partial charge in [-0.1, -0.05) is 48.5 Å². The molecule has 0 bridgehead atoms. The van der Waals surface area contributed by atoms with Crippen LogP contribution < -0.4 is 5.32 Å². The fourth-order valence-corrected chi connectivity index (χ4v) is 3.02. The number of carbonyl (C=O) groups excluding carboxylic acids is 1. The second-order valence-electron chi connectivity index (χ2n) is 6.53. The van der Waals surface area contributed by atoms with E-state index in [-0.39, 0.29) is 23.1 Å². The summed E-state index contributed by atoms with van der Waals surface area (Å²) in [7, 11) is 0. The van der Waals surface area contributed by atoms with Crippen LogP contribution in [0.25, 0.3) is 16.9 Å². The Balaban J connectivity index is 1.69. The third-order valence-electron chi connectivity index (χ3n) is 4.51. The molecule has 6 nitrogen and oxygen atoms in total. The van der Waals surface area contributed by atoms with E-state index in [1.54, 1.807) is 16.8 Å². The predicted molar refractivity (Wildman–Crippen MR) is 110 cm³/mol. The van der Waals surface area contributed by atoms with Crippen LogP contribution in [0.15, 0.2) is 84.9 Å². The standard InChI is InChI=1S/C23H19N3O3/c27-21-12-11-17(13-22(21)28)20-14-19(25-26(20)18-9-5-2-6-10-18)23(29)24-15-16-7-3-1-4-8-16/h1-14,27-28H,15H2,(H,24,29). The van der Waals surface area contributed by atoms with Crippen molar-refractivity contribution in [2.45, 2.75) is 6.54 Å². The molecule has 4 rings (SSSR count). The highest BCUT2D eigenvalue weighted by molar-refractivity contribution is 5.93. The number of nitrogens with zero attached hydrogens (tertiary/aromatic N) is 2. The van der Waals surface area contributed by atoms with Gasteiger partial charge in [-0.05, 0) is 42.0 Å². The van der Waals surface area contributed by atoms with Crippen LogP contribution >= 0.6 is 0 Å². The highest BCUT2D eigenvalue weighted by atomic mass is 16.3. The highest BCUT2D eigenvalue weighted by Gasteiger charge is 2.17. The smallest absolute Gasteiger partial charge is 0.272 e. The van der Waals surface area contributed by atoms with Crippen LogP contribution in [0.3, 0.4) is 0 Å². The molecule has 0 saturated heterocycles. The number of rotatable bonds is 5. The molecule has 1 amide bonds. The molecule has 0 atom stereocenters. The molecular formula is C23H19N3O3. The van der Waals surface area contributed by atoms with Gasteiger partial charge in [0.25, 0.3) is 5.91 Å². The summed E-state index contributed by atoms with van der Waals surface area (Å²) in [6.45, 7) is 0.396.